The highest BCUT2D eigenvalue weighted by Gasteiger charge is 2.06. The SMILES string of the molecule is CCCCCCCCCCCCCCC(=O)Nc1ccc(SC)c(N=COC)c1. The smallest absolute Gasteiger partial charge is 0.224 e. The summed E-state index contributed by atoms with van der Waals surface area (Å²) < 4.78 is 4.90. The van der Waals surface area contributed by atoms with Gasteiger partial charge < -0.3 is 10.1 Å². The Morgan fingerprint density at radius 1 is 1.00 bits per heavy atom. The summed E-state index contributed by atoms with van der Waals surface area (Å²) in [6, 6.07) is 5.80. The van der Waals surface area contributed by atoms with Crippen LogP contribution in [0.25, 0.3) is 0 Å². The first-order chi connectivity index (χ1) is 14.2. The van der Waals surface area contributed by atoms with E-state index in [2.05, 4.69) is 17.2 Å². The molecule has 0 saturated carbocycles. The quantitative estimate of drug-likeness (QED) is 0.121. The molecule has 5 heteroatoms. The molecule has 0 radical (unpaired) electrons. The summed E-state index contributed by atoms with van der Waals surface area (Å²) in [6.45, 7) is 2.27. The maximum absolute atomic E-state index is 12.2. The number of amides is 1. The number of carbonyl (C=O) groups is 1. The van der Waals surface area contributed by atoms with E-state index in [0.29, 0.717) is 6.42 Å². The van der Waals surface area contributed by atoms with E-state index in [1.54, 1.807) is 18.9 Å². The molecule has 0 unspecified atom stereocenters. The molecule has 164 valence electrons. The Labute approximate surface area is 182 Å². The number of nitrogens with one attached hydrogen (secondary N) is 1. The molecule has 0 bridgehead atoms. The summed E-state index contributed by atoms with van der Waals surface area (Å²) >= 11 is 1.62. The van der Waals surface area contributed by atoms with Gasteiger partial charge in [-0.1, -0.05) is 77.6 Å². The second-order valence-electron chi connectivity index (χ2n) is 7.54. The van der Waals surface area contributed by atoms with Crippen molar-refractivity contribution in [2.45, 2.75) is 95.3 Å². The molecule has 0 aliphatic rings. The largest absolute Gasteiger partial charge is 0.486 e. The summed E-state index contributed by atoms with van der Waals surface area (Å²) in [5.74, 6) is 0.0793. The lowest BCUT2D eigenvalue weighted by Crippen LogP contribution is -2.10. The Kier molecular flexibility index (Phi) is 15.3. The average molecular weight is 421 g/mol. The molecule has 0 atom stereocenters. The monoisotopic (exact) mass is 420 g/mol. The molecule has 1 N–H and O–H groups in total. The van der Waals surface area contributed by atoms with E-state index in [4.69, 9.17) is 4.74 Å². The minimum Gasteiger partial charge on any atom is -0.486 e. The Morgan fingerprint density at radius 2 is 1.59 bits per heavy atom. The molecular formula is C24H40N2O2S. The highest BCUT2D eigenvalue weighted by molar-refractivity contribution is 7.98. The maximum Gasteiger partial charge on any atom is 0.224 e. The van der Waals surface area contributed by atoms with Gasteiger partial charge in [-0.15, -0.1) is 11.8 Å². The normalized spacial score (nSPS) is 11.1. The Bertz CT molecular complexity index is 590. The van der Waals surface area contributed by atoms with Crippen LogP contribution >= 0.6 is 11.8 Å². The van der Waals surface area contributed by atoms with E-state index >= 15 is 0 Å². The second kappa shape index (κ2) is 17.4. The van der Waals surface area contributed by atoms with E-state index in [9.17, 15) is 4.79 Å². The number of carbonyl (C=O) groups excluding carboxylic acids is 1. The van der Waals surface area contributed by atoms with Crippen molar-refractivity contribution >= 4 is 35.4 Å². The lowest BCUT2D eigenvalue weighted by Gasteiger charge is -2.08. The highest BCUT2D eigenvalue weighted by Crippen LogP contribution is 2.30. The molecule has 4 nitrogen and oxygen atoms in total. The number of unbranched alkanes of at least 4 members (excludes halogenated alkanes) is 11. The number of ether oxygens (including phenoxy) is 1. The fraction of sp³-hybridized carbons (Fsp3) is 0.667. The van der Waals surface area contributed by atoms with Gasteiger partial charge in [0.1, 0.15) is 0 Å². The molecule has 0 spiro atoms. The minimum atomic E-state index is 0.0793. The van der Waals surface area contributed by atoms with Crippen LogP contribution in [0.3, 0.4) is 0 Å². The topological polar surface area (TPSA) is 50.7 Å². The zero-order valence-corrected chi connectivity index (χ0v) is 19.5. The van der Waals surface area contributed by atoms with Crippen molar-refractivity contribution in [1.82, 2.24) is 0 Å². The Balaban J connectivity index is 2.13. The first-order valence-corrected chi connectivity index (χ1v) is 12.5. The molecule has 0 aromatic heterocycles. The van der Waals surface area contributed by atoms with Crippen LogP contribution in [0.4, 0.5) is 11.4 Å². The third-order valence-electron chi connectivity index (χ3n) is 5.02. The molecule has 0 aliphatic carbocycles. The van der Waals surface area contributed by atoms with Crippen molar-refractivity contribution < 1.29 is 9.53 Å². The van der Waals surface area contributed by atoms with Gasteiger partial charge >= 0.3 is 0 Å². The molecular weight excluding hydrogens is 380 g/mol. The number of anilines is 1. The van der Waals surface area contributed by atoms with Gasteiger partial charge in [-0.25, -0.2) is 4.99 Å². The average Bonchev–Trinajstić information content (AvgIpc) is 2.73. The lowest BCUT2D eigenvalue weighted by atomic mass is 10.0. The number of methoxy groups -OCH3 is 1. The van der Waals surface area contributed by atoms with Crippen LogP contribution in [0.15, 0.2) is 28.1 Å². The lowest BCUT2D eigenvalue weighted by molar-refractivity contribution is -0.116. The summed E-state index contributed by atoms with van der Waals surface area (Å²) in [4.78, 5) is 17.5. The molecule has 1 rings (SSSR count). The van der Waals surface area contributed by atoms with E-state index in [1.807, 2.05) is 24.5 Å². The zero-order valence-electron chi connectivity index (χ0n) is 18.7. The van der Waals surface area contributed by atoms with Crippen LogP contribution in [0.2, 0.25) is 0 Å². The third-order valence-corrected chi connectivity index (χ3v) is 5.80. The molecule has 0 aliphatic heterocycles. The van der Waals surface area contributed by atoms with Gasteiger partial charge in [0.25, 0.3) is 0 Å². The summed E-state index contributed by atoms with van der Waals surface area (Å²) in [6.07, 6.45) is 19.7. The van der Waals surface area contributed by atoms with Gasteiger partial charge in [0.2, 0.25) is 5.91 Å². The van der Waals surface area contributed by atoms with Gasteiger partial charge in [0.05, 0.1) is 12.8 Å². The van der Waals surface area contributed by atoms with Crippen LogP contribution in [-0.4, -0.2) is 25.7 Å². The zero-order chi connectivity index (χ0) is 21.2. The standard InChI is InChI=1S/C24H40N2O2S/c1-4-5-6-7-8-9-10-11-12-13-14-15-16-24(27)26-21-17-18-23(29-3)22(19-21)25-20-28-2/h17-20H,4-16H2,1-3H3,(H,26,27). The molecule has 0 heterocycles. The number of rotatable bonds is 17. The molecule has 1 amide bonds. The summed E-state index contributed by atoms with van der Waals surface area (Å²) in [5, 5.41) is 2.99. The van der Waals surface area contributed by atoms with Gasteiger partial charge in [-0.3, -0.25) is 4.79 Å². The first kappa shape index (κ1) is 25.5. The van der Waals surface area contributed by atoms with Crippen LogP contribution < -0.4 is 5.32 Å². The van der Waals surface area contributed by atoms with E-state index in [1.165, 1.54) is 70.6 Å². The van der Waals surface area contributed by atoms with Gasteiger partial charge in [-0.05, 0) is 30.9 Å². The third kappa shape index (κ3) is 12.6. The van der Waals surface area contributed by atoms with Gasteiger partial charge in [0, 0.05) is 17.0 Å². The fourth-order valence-corrected chi connectivity index (χ4v) is 3.85. The van der Waals surface area contributed by atoms with Crippen molar-refractivity contribution in [2.24, 2.45) is 4.99 Å². The number of hydrogen-bond donors (Lipinski definition) is 1. The van der Waals surface area contributed by atoms with Crippen molar-refractivity contribution in [3.8, 4) is 0 Å². The molecule has 0 saturated heterocycles. The first-order valence-electron chi connectivity index (χ1n) is 11.2. The van der Waals surface area contributed by atoms with Crippen LogP contribution in [0, 0.1) is 0 Å². The van der Waals surface area contributed by atoms with E-state index in [-0.39, 0.29) is 5.91 Å². The molecule has 29 heavy (non-hydrogen) atoms. The van der Waals surface area contributed by atoms with Crippen LogP contribution in [0.1, 0.15) is 90.4 Å². The fourth-order valence-electron chi connectivity index (χ4n) is 3.33. The van der Waals surface area contributed by atoms with Crippen molar-refractivity contribution in [3.05, 3.63) is 18.2 Å². The Hall–Kier alpha value is -1.49. The Morgan fingerprint density at radius 3 is 2.14 bits per heavy atom. The van der Waals surface area contributed by atoms with E-state index in [0.717, 1.165) is 29.1 Å². The van der Waals surface area contributed by atoms with Gasteiger partial charge in [-0.2, -0.15) is 0 Å². The molecule has 1 aromatic rings. The summed E-state index contributed by atoms with van der Waals surface area (Å²) in [5.41, 5.74) is 1.59. The second-order valence-corrected chi connectivity index (χ2v) is 8.39. The predicted molar refractivity (Wildman–Crippen MR) is 128 cm³/mol. The van der Waals surface area contributed by atoms with Crippen molar-refractivity contribution in [1.29, 1.82) is 0 Å². The minimum absolute atomic E-state index is 0.0793. The maximum atomic E-state index is 12.2. The summed E-state index contributed by atoms with van der Waals surface area (Å²) in [7, 11) is 1.57. The van der Waals surface area contributed by atoms with Crippen molar-refractivity contribution in [3.63, 3.8) is 0 Å². The van der Waals surface area contributed by atoms with Crippen molar-refractivity contribution in [2.75, 3.05) is 18.7 Å². The predicted octanol–water partition coefficient (Wildman–Crippen LogP) is 7.74. The van der Waals surface area contributed by atoms with Gasteiger partial charge in [0.15, 0.2) is 6.40 Å². The molecule has 0 fully saturated rings. The highest BCUT2D eigenvalue weighted by atomic mass is 32.2. The number of aliphatic imine (C=N–C) groups is 1. The van der Waals surface area contributed by atoms with E-state index < -0.39 is 0 Å². The molecule has 1 aromatic carbocycles. The number of thioether (sulfide) groups is 1. The number of benzene rings is 1. The van der Waals surface area contributed by atoms with Crippen LogP contribution in [-0.2, 0) is 9.53 Å². The number of hydrogen-bond acceptors (Lipinski definition) is 4. The number of nitrogens with zero attached hydrogens (tertiary/aromatic N) is 1. The van der Waals surface area contributed by atoms with Crippen LogP contribution in [0.5, 0.6) is 0 Å².